The molecule has 1 aromatic rings. The number of aryl methyl sites for hydroxylation is 3. The van der Waals surface area contributed by atoms with E-state index in [9.17, 15) is 0 Å². The predicted molar refractivity (Wildman–Crippen MR) is 57.6 cm³/mol. The third-order valence-corrected chi connectivity index (χ3v) is 3.12. The number of aromatic amines is 1. The molecular weight excluding hydrogens is 174 g/mol. The zero-order chi connectivity index (χ0) is 9.87. The maximum atomic E-state index is 3.18. The molecule has 2 heterocycles. The van der Waals surface area contributed by atoms with E-state index < -0.39 is 0 Å². The Bertz CT molecular complexity index is 579. The Morgan fingerprint density at radius 1 is 1.21 bits per heavy atom. The molecule has 14 heavy (non-hydrogen) atoms. The minimum absolute atomic E-state index is 1.27. The van der Waals surface area contributed by atoms with E-state index in [4.69, 9.17) is 0 Å². The lowest BCUT2D eigenvalue weighted by atomic mass is 10.2. The van der Waals surface area contributed by atoms with Crippen molar-refractivity contribution in [3.63, 3.8) is 0 Å². The van der Waals surface area contributed by atoms with Gasteiger partial charge in [0.15, 0.2) is 0 Å². The second kappa shape index (κ2) is 2.23. The topological polar surface area (TPSA) is 25.6 Å². The smallest absolute Gasteiger partial charge is 0.0683 e. The van der Waals surface area contributed by atoms with Gasteiger partial charge in [-0.2, -0.15) is 0 Å². The summed E-state index contributed by atoms with van der Waals surface area (Å²) in [7, 11) is 4.15. The monoisotopic (exact) mass is 187 g/mol. The van der Waals surface area contributed by atoms with E-state index in [-0.39, 0.29) is 0 Å². The van der Waals surface area contributed by atoms with Crippen molar-refractivity contribution in [2.24, 2.45) is 14.1 Å². The molecule has 0 radical (unpaired) electrons. The van der Waals surface area contributed by atoms with Crippen LogP contribution in [0.25, 0.3) is 22.2 Å². The van der Waals surface area contributed by atoms with Crippen LogP contribution in [0, 0.1) is 6.92 Å². The number of hydrogen-bond donors (Lipinski definition) is 1. The summed E-state index contributed by atoms with van der Waals surface area (Å²) in [5.74, 6) is 0. The molecule has 1 aromatic heterocycles. The number of fused-ring (bicyclic) bond motifs is 3. The van der Waals surface area contributed by atoms with Crippen LogP contribution >= 0.6 is 0 Å². The van der Waals surface area contributed by atoms with Gasteiger partial charge in [0.1, 0.15) is 0 Å². The molecule has 0 unspecified atom stereocenters. The van der Waals surface area contributed by atoms with Gasteiger partial charge in [-0.1, -0.05) is 0 Å². The third-order valence-electron chi connectivity index (χ3n) is 3.12. The normalized spacial score (nSPS) is 11.9. The molecule has 1 aliphatic carbocycles. The summed E-state index contributed by atoms with van der Waals surface area (Å²) in [5.41, 5.74) is 5.20. The zero-order valence-electron chi connectivity index (χ0n) is 8.63. The van der Waals surface area contributed by atoms with Gasteiger partial charge in [-0.3, -0.25) is 4.68 Å². The van der Waals surface area contributed by atoms with E-state index in [1.807, 2.05) is 11.7 Å². The van der Waals surface area contributed by atoms with Crippen LogP contribution in [0.2, 0.25) is 0 Å². The molecule has 0 aromatic carbocycles. The molecule has 2 aliphatic rings. The Morgan fingerprint density at radius 2 is 2.00 bits per heavy atom. The summed E-state index contributed by atoms with van der Waals surface area (Å²) in [6.45, 7) is 2.14. The molecule has 3 rings (SSSR count). The first-order valence-corrected chi connectivity index (χ1v) is 4.77. The summed E-state index contributed by atoms with van der Waals surface area (Å²) < 4.78 is 4.28. The highest BCUT2D eigenvalue weighted by molar-refractivity contribution is 6.00. The molecule has 0 spiro atoms. The summed E-state index contributed by atoms with van der Waals surface area (Å²) in [6, 6.07) is 4.47. The van der Waals surface area contributed by atoms with Crippen LogP contribution in [0.1, 0.15) is 5.69 Å². The van der Waals surface area contributed by atoms with Crippen molar-refractivity contribution in [1.29, 1.82) is 0 Å². The third kappa shape index (κ3) is 0.726. The minimum Gasteiger partial charge on any atom is -0.348 e. The Morgan fingerprint density at radius 3 is 2.79 bits per heavy atom. The summed E-state index contributed by atoms with van der Waals surface area (Å²) >= 11 is 0. The molecule has 1 aliphatic heterocycles. The van der Waals surface area contributed by atoms with Crippen molar-refractivity contribution in [2.45, 2.75) is 6.92 Å². The fourth-order valence-electron chi connectivity index (χ4n) is 2.15. The highest BCUT2D eigenvalue weighted by Crippen LogP contribution is 2.34. The van der Waals surface area contributed by atoms with Crippen molar-refractivity contribution < 1.29 is 0 Å². The molecule has 0 saturated carbocycles. The lowest BCUT2D eigenvalue weighted by Gasteiger charge is -1.96. The predicted octanol–water partition coefficient (Wildman–Crippen LogP) is 2.26. The van der Waals surface area contributed by atoms with E-state index in [2.05, 4.69) is 42.0 Å². The maximum Gasteiger partial charge on any atom is 0.0683 e. The second-order valence-corrected chi connectivity index (χ2v) is 3.92. The van der Waals surface area contributed by atoms with Crippen molar-refractivity contribution in [3.8, 4) is 11.3 Å². The van der Waals surface area contributed by atoms with Gasteiger partial charge in [0.2, 0.25) is 0 Å². The van der Waals surface area contributed by atoms with Crippen LogP contribution in [0.15, 0.2) is 18.3 Å². The van der Waals surface area contributed by atoms with Gasteiger partial charge >= 0.3 is 0 Å². The quantitative estimate of drug-likeness (QED) is 0.558. The highest BCUT2D eigenvalue weighted by Gasteiger charge is 2.16. The van der Waals surface area contributed by atoms with E-state index in [1.165, 1.54) is 27.9 Å². The number of hydrogen-bond acceptors (Lipinski definition) is 0. The number of aromatic nitrogens is 3. The SMILES string of the molecule is Cc1cc2c3c[nH]n(C)c-3cc2n1C. The Hall–Kier alpha value is -1.64. The number of nitrogens with one attached hydrogen (secondary N) is 1. The standard InChI is InChI=1S/C11H13N3/c1-7-4-8-9-6-12-14(3)11(9)5-10(8)13(7)2/h4-6,12H,1-3H3. The molecule has 3 nitrogen and oxygen atoms in total. The van der Waals surface area contributed by atoms with Gasteiger partial charge in [0.25, 0.3) is 0 Å². The number of nitrogens with zero attached hydrogens (tertiary/aromatic N) is 2. The van der Waals surface area contributed by atoms with Crippen LogP contribution < -0.4 is 0 Å². The van der Waals surface area contributed by atoms with Gasteiger partial charge < -0.3 is 9.67 Å². The van der Waals surface area contributed by atoms with Gasteiger partial charge in [-0.25, -0.2) is 0 Å². The first-order chi connectivity index (χ1) is 6.68. The molecule has 0 bridgehead atoms. The Labute approximate surface area is 82.3 Å². The van der Waals surface area contributed by atoms with Crippen molar-refractivity contribution in [3.05, 3.63) is 24.0 Å². The molecule has 0 amide bonds. The Kier molecular flexibility index (Phi) is 1.23. The average Bonchev–Trinajstić information content (AvgIpc) is 2.74. The first-order valence-electron chi connectivity index (χ1n) is 4.77. The molecule has 3 heteroatoms. The number of H-pyrrole nitrogens is 1. The second-order valence-electron chi connectivity index (χ2n) is 3.92. The van der Waals surface area contributed by atoms with Crippen LogP contribution in [0.3, 0.4) is 0 Å². The van der Waals surface area contributed by atoms with Crippen LogP contribution in [-0.4, -0.2) is 14.3 Å². The fourth-order valence-corrected chi connectivity index (χ4v) is 2.15. The zero-order valence-corrected chi connectivity index (χ0v) is 8.63. The molecule has 0 fully saturated rings. The molecule has 72 valence electrons. The number of rotatable bonds is 0. The van der Waals surface area contributed by atoms with Crippen molar-refractivity contribution in [1.82, 2.24) is 14.3 Å². The maximum absolute atomic E-state index is 3.18. The van der Waals surface area contributed by atoms with Crippen LogP contribution in [0.5, 0.6) is 0 Å². The molecule has 0 saturated heterocycles. The molecule has 1 N–H and O–H groups in total. The summed E-state index contributed by atoms with van der Waals surface area (Å²) in [4.78, 5) is 0. The van der Waals surface area contributed by atoms with E-state index in [0.717, 1.165) is 0 Å². The van der Waals surface area contributed by atoms with Gasteiger partial charge in [-0.15, -0.1) is 0 Å². The first kappa shape index (κ1) is 7.74. The average molecular weight is 187 g/mol. The minimum atomic E-state index is 1.27. The van der Waals surface area contributed by atoms with Gasteiger partial charge in [0.05, 0.1) is 11.2 Å². The molecule has 0 atom stereocenters. The van der Waals surface area contributed by atoms with Crippen molar-refractivity contribution >= 4 is 10.9 Å². The van der Waals surface area contributed by atoms with Gasteiger partial charge in [0, 0.05) is 36.9 Å². The summed E-state index contributed by atoms with van der Waals surface area (Å²) in [6.07, 6.45) is 2.07. The lowest BCUT2D eigenvalue weighted by molar-refractivity contribution is 0.779. The largest absolute Gasteiger partial charge is 0.348 e. The highest BCUT2D eigenvalue weighted by atomic mass is 15.3. The van der Waals surface area contributed by atoms with Gasteiger partial charge in [-0.05, 0) is 19.1 Å². The van der Waals surface area contributed by atoms with Crippen LogP contribution in [-0.2, 0) is 14.1 Å². The molecular formula is C11H13N3. The van der Waals surface area contributed by atoms with Crippen molar-refractivity contribution in [2.75, 3.05) is 0 Å². The van der Waals surface area contributed by atoms with E-state index >= 15 is 0 Å². The summed E-state index contributed by atoms with van der Waals surface area (Å²) in [5, 5.41) is 4.53. The van der Waals surface area contributed by atoms with E-state index in [0.29, 0.717) is 0 Å². The van der Waals surface area contributed by atoms with Crippen LogP contribution in [0.4, 0.5) is 0 Å². The Balaban J connectivity index is 2.53. The fraction of sp³-hybridized carbons (Fsp3) is 0.273. The lowest BCUT2D eigenvalue weighted by Crippen LogP contribution is -1.91. The van der Waals surface area contributed by atoms with E-state index in [1.54, 1.807) is 0 Å².